The normalized spacial score (nSPS) is 16.8. The molecule has 1 amide bonds. The van der Waals surface area contributed by atoms with Crippen LogP contribution in [0.15, 0.2) is 36.5 Å². The minimum atomic E-state index is 0.0677. The van der Waals surface area contributed by atoms with Gasteiger partial charge in [-0.25, -0.2) is 0 Å². The maximum Gasteiger partial charge on any atom is 0.270 e. The number of hydrogen-bond acceptors (Lipinski definition) is 4. The van der Waals surface area contributed by atoms with E-state index < -0.39 is 0 Å². The van der Waals surface area contributed by atoms with Crippen molar-refractivity contribution in [1.29, 1.82) is 5.26 Å². The number of benzene rings is 1. The Hall–Kier alpha value is -2.94. The Bertz CT molecular complexity index is 822. The van der Waals surface area contributed by atoms with Gasteiger partial charge < -0.3 is 18.9 Å². The number of rotatable bonds is 5. The van der Waals surface area contributed by atoms with Gasteiger partial charge in [-0.3, -0.25) is 4.79 Å². The lowest BCUT2D eigenvalue weighted by Crippen LogP contribution is -2.42. The maximum atomic E-state index is 12.7. The summed E-state index contributed by atoms with van der Waals surface area (Å²) in [6, 6.07) is 11.0. The Morgan fingerprint density at radius 2 is 2.19 bits per heavy atom. The second kappa shape index (κ2) is 7.96. The van der Waals surface area contributed by atoms with Crippen molar-refractivity contribution < 1.29 is 14.3 Å². The van der Waals surface area contributed by atoms with E-state index in [0.717, 1.165) is 19.4 Å². The minimum absolute atomic E-state index is 0.0677. The van der Waals surface area contributed by atoms with E-state index in [4.69, 9.17) is 14.7 Å². The molecule has 2 heterocycles. The third kappa shape index (κ3) is 3.83. The molecule has 6 nitrogen and oxygen atoms in total. The van der Waals surface area contributed by atoms with Crippen molar-refractivity contribution in [2.24, 2.45) is 13.0 Å². The number of aryl methyl sites for hydroxylation is 1. The first kappa shape index (κ1) is 17.9. The van der Waals surface area contributed by atoms with Crippen LogP contribution < -0.4 is 9.47 Å². The number of carbonyl (C=O) groups is 1. The molecule has 0 N–H and O–H groups in total. The monoisotopic (exact) mass is 353 g/mol. The Morgan fingerprint density at radius 1 is 1.35 bits per heavy atom. The van der Waals surface area contributed by atoms with Gasteiger partial charge in [0.1, 0.15) is 5.69 Å². The fourth-order valence-corrected chi connectivity index (χ4v) is 3.29. The molecule has 1 saturated heterocycles. The number of carbonyl (C=O) groups excluding carboxylic acids is 1. The van der Waals surface area contributed by atoms with Crippen LogP contribution in [0.1, 0.15) is 28.9 Å². The third-order valence-corrected chi connectivity index (χ3v) is 4.74. The number of ether oxygens (including phenoxy) is 2. The Morgan fingerprint density at radius 3 is 2.88 bits per heavy atom. The molecule has 0 bridgehead atoms. The average molecular weight is 353 g/mol. The largest absolute Gasteiger partial charge is 0.493 e. The number of hydrogen-bond donors (Lipinski definition) is 0. The number of likely N-dealkylation sites (tertiary alicyclic amines) is 1. The Kier molecular flexibility index (Phi) is 5.47. The smallest absolute Gasteiger partial charge is 0.270 e. The minimum Gasteiger partial charge on any atom is -0.493 e. The highest BCUT2D eigenvalue weighted by Gasteiger charge is 2.26. The number of methoxy groups -OCH3 is 1. The molecule has 0 spiro atoms. The molecule has 1 atom stereocenters. The number of piperidine rings is 1. The predicted octanol–water partition coefficient (Wildman–Crippen LogP) is 2.84. The second-order valence-electron chi connectivity index (χ2n) is 6.55. The highest BCUT2D eigenvalue weighted by atomic mass is 16.5. The quantitative estimate of drug-likeness (QED) is 0.829. The first-order chi connectivity index (χ1) is 12.6. The molecule has 1 fully saturated rings. The zero-order valence-electron chi connectivity index (χ0n) is 15.1. The van der Waals surface area contributed by atoms with Crippen LogP contribution in [-0.2, 0) is 7.05 Å². The van der Waals surface area contributed by atoms with Gasteiger partial charge in [-0.2, -0.15) is 5.26 Å². The molecule has 6 heteroatoms. The lowest BCUT2D eigenvalue weighted by molar-refractivity contribution is 0.0622. The van der Waals surface area contributed by atoms with Gasteiger partial charge in [0.05, 0.1) is 25.3 Å². The molecule has 1 aromatic heterocycles. The van der Waals surface area contributed by atoms with E-state index in [1.54, 1.807) is 25.3 Å². The molecule has 1 aromatic carbocycles. The van der Waals surface area contributed by atoms with Crippen LogP contribution in [0.2, 0.25) is 0 Å². The van der Waals surface area contributed by atoms with Gasteiger partial charge in [0, 0.05) is 38.3 Å². The van der Waals surface area contributed by atoms with E-state index >= 15 is 0 Å². The highest BCUT2D eigenvalue weighted by molar-refractivity contribution is 5.92. The van der Waals surface area contributed by atoms with Crippen LogP contribution in [0.25, 0.3) is 0 Å². The first-order valence-electron chi connectivity index (χ1n) is 8.74. The number of amides is 1. The van der Waals surface area contributed by atoms with Crippen molar-refractivity contribution in [1.82, 2.24) is 9.47 Å². The van der Waals surface area contributed by atoms with Crippen molar-refractivity contribution in [3.63, 3.8) is 0 Å². The molecule has 1 aliphatic heterocycles. The summed E-state index contributed by atoms with van der Waals surface area (Å²) in [7, 11) is 3.44. The van der Waals surface area contributed by atoms with Crippen molar-refractivity contribution in [3.05, 3.63) is 47.8 Å². The van der Waals surface area contributed by atoms with Gasteiger partial charge in [-0.15, -0.1) is 0 Å². The predicted molar refractivity (Wildman–Crippen MR) is 97.2 cm³/mol. The van der Waals surface area contributed by atoms with Crippen molar-refractivity contribution >= 4 is 5.91 Å². The lowest BCUT2D eigenvalue weighted by atomic mass is 9.98. The van der Waals surface area contributed by atoms with Crippen LogP contribution in [-0.4, -0.2) is 42.2 Å². The summed E-state index contributed by atoms with van der Waals surface area (Å²) in [6.45, 7) is 1.97. The van der Waals surface area contributed by atoms with Crippen LogP contribution in [0.4, 0.5) is 0 Å². The standard InChI is InChI=1S/C20H23N3O3/c1-22-9-4-6-17(22)20(24)23-10-3-5-16(13-23)14-26-18-8-7-15(12-21)11-19(18)25-2/h4,6-9,11,16H,3,5,10,13-14H2,1-2H3. The van der Waals surface area contributed by atoms with E-state index in [9.17, 15) is 4.79 Å². The topological polar surface area (TPSA) is 67.5 Å². The zero-order chi connectivity index (χ0) is 18.5. The van der Waals surface area contributed by atoms with Gasteiger partial charge in [0.25, 0.3) is 5.91 Å². The molecule has 0 radical (unpaired) electrons. The molecule has 1 unspecified atom stereocenters. The SMILES string of the molecule is COc1cc(C#N)ccc1OCC1CCCN(C(=O)c2cccn2C)C1. The summed E-state index contributed by atoms with van der Waals surface area (Å²) in [5.41, 5.74) is 1.24. The molecule has 26 heavy (non-hydrogen) atoms. The van der Waals surface area contributed by atoms with E-state index in [1.165, 1.54) is 0 Å². The van der Waals surface area contributed by atoms with Crippen LogP contribution in [0, 0.1) is 17.2 Å². The summed E-state index contributed by atoms with van der Waals surface area (Å²) in [5.74, 6) is 1.51. The van der Waals surface area contributed by atoms with Gasteiger partial charge in [0.2, 0.25) is 0 Å². The van der Waals surface area contributed by atoms with Gasteiger partial charge in [-0.05, 0) is 37.1 Å². The third-order valence-electron chi connectivity index (χ3n) is 4.74. The summed E-state index contributed by atoms with van der Waals surface area (Å²) in [6.07, 6.45) is 3.87. The summed E-state index contributed by atoms with van der Waals surface area (Å²) in [4.78, 5) is 14.6. The van der Waals surface area contributed by atoms with Crippen LogP contribution in [0.5, 0.6) is 11.5 Å². The number of aromatic nitrogens is 1. The Labute approximate surface area is 153 Å². The maximum absolute atomic E-state index is 12.7. The molecular formula is C20H23N3O3. The summed E-state index contributed by atoms with van der Waals surface area (Å²) >= 11 is 0. The van der Waals surface area contributed by atoms with E-state index in [-0.39, 0.29) is 11.8 Å². The molecule has 2 aromatic rings. The summed E-state index contributed by atoms with van der Waals surface area (Å²) < 4.78 is 13.1. The number of nitriles is 1. The average Bonchev–Trinajstić information content (AvgIpc) is 3.11. The zero-order valence-corrected chi connectivity index (χ0v) is 15.1. The molecule has 0 saturated carbocycles. The molecule has 0 aliphatic carbocycles. The van der Waals surface area contributed by atoms with E-state index in [2.05, 4.69) is 6.07 Å². The van der Waals surface area contributed by atoms with Gasteiger partial charge in [0.15, 0.2) is 11.5 Å². The molecule has 136 valence electrons. The fourth-order valence-electron chi connectivity index (χ4n) is 3.29. The second-order valence-corrected chi connectivity index (χ2v) is 6.55. The van der Waals surface area contributed by atoms with Crippen molar-refractivity contribution in [3.8, 4) is 17.6 Å². The van der Waals surface area contributed by atoms with Crippen LogP contribution in [0.3, 0.4) is 0 Å². The van der Waals surface area contributed by atoms with Gasteiger partial charge in [-0.1, -0.05) is 0 Å². The Balaban J connectivity index is 1.62. The summed E-state index contributed by atoms with van der Waals surface area (Å²) in [5, 5.41) is 8.98. The van der Waals surface area contributed by atoms with E-state index in [1.807, 2.05) is 34.8 Å². The fraction of sp³-hybridized carbons (Fsp3) is 0.400. The van der Waals surface area contributed by atoms with Crippen LogP contribution >= 0.6 is 0 Å². The van der Waals surface area contributed by atoms with E-state index in [0.29, 0.717) is 35.9 Å². The first-order valence-corrected chi connectivity index (χ1v) is 8.74. The van der Waals surface area contributed by atoms with Gasteiger partial charge >= 0.3 is 0 Å². The van der Waals surface area contributed by atoms with Crippen molar-refractivity contribution in [2.45, 2.75) is 12.8 Å². The lowest BCUT2D eigenvalue weighted by Gasteiger charge is -2.32. The van der Waals surface area contributed by atoms with Crippen molar-refractivity contribution in [2.75, 3.05) is 26.8 Å². The molecule has 1 aliphatic rings. The molecule has 3 rings (SSSR count). The highest BCUT2D eigenvalue weighted by Crippen LogP contribution is 2.29. The molecular weight excluding hydrogens is 330 g/mol. The number of nitrogens with zero attached hydrogens (tertiary/aromatic N) is 3.